The maximum absolute atomic E-state index is 11.3. The van der Waals surface area contributed by atoms with E-state index in [2.05, 4.69) is 0 Å². The SMILES string of the molecule is CC(C)Oc1c2occc2cc2ccc(=O)oc12. The Hall–Kier alpha value is -2.23. The monoisotopic (exact) mass is 244 g/mol. The number of furan rings is 1. The van der Waals surface area contributed by atoms with Crippen molar-refractivity contribution in [2.45, 2.75) is 20.0 Å². The minimum absolute atomic E-state index is 0.0330. The third-order valence-corrected chi connectivity index (χ3v) is 2.64. The van der Waals surface area contributed by atoms with E-state index in [0.29, 0.717) is 16.9 Å². The van der Waals surface area contributed by atoms with Gasteiger partial charge < -0.3 is 13.6 Å². The van der Waals surface area contributed by atoms with E-state index in [-0.39, 0.29) is 6.10 Å². The molecule has 4 heteroatoms. The average molecular weight is 244 g/mol. The fourth-order valence-corrected chi connectivity index (χ4v) is 1.95. The summed E-state index contributed by atoms with van der Waals surface area (Å²) in [5.74, 6) is 0.486. The van der Waals surface area contributed by atoms with Crippen LogP contribution in [0, 0.1) is 0 Å². The molecule has 3 aromatic rings. The summed E-state index contributed by atoms with van der Waals surface area (Å²) in [6.45, 7) is 3.82. The fourth-order valence-electron chi connectivity index (χ4n) is 1.95. The first-order valence-electron chi connectivity index (χ1n) is 5.76. The summed E-state index contributed by atoms with van der Waals surface area (Å²) in [6.07, 6.45) is 1.56. The predicted octanol–water partition coefficient (Wildman–Crippen LogP) is 3.33. The van der Waals surface area contributed by atoms with Crippen molar-refractivity contribution in [3.8, 4) is 5.75 Å². The molecule has 4 nitrogen and oxygen atoms in total. The van der Waals surface area contributed by atoms with Gasteiger partial charge in [-0.1, -0.05) is 0 Å². The average Bonchev–Trinajstić information content (AvgIpc) is 2.77. The zero-order valence-electron chi connectivity index (χ0n) is 10.1. The molecule has 92 valence electrons. The molecule has 0 saturated heterocycles. The van der Waals surface area contributed by atoms with Gasteiger partial charge in [0.05, 0.1) is 12.4 Å². The molecule has 0 aliphatic carbocycles. The van der Waals surface area contributed by atoms with E-state index in [0.717, 1.165) is 10.8 Å². The quantitative estimate of drug-likeness (QED) is 0.649. The largest absolute Gasteiger partial charge is 0.484 e. The fraction of sp³-hybridized carbons (Fsp3) is 0.214. The first-order chi connectivity index (χ1) is 8.65. The molecular formula is C14H12O4. The summed E-state index contributed by atoms with van der Waals surface area (Å²) >= 11 is 0. The molecule has 3 rings (SSSR count). The standard InChI is InChI=1S/C14H12O4/c1-8(2)17-14-12-10(5-6-16-12)7-9-3-4-11(15)18-13(9)14/h3-8H,1-2H3. The zero-order chi connectivity index (χ0) is 12.7. The van der Waals surface area contributed by atoms with Crippen LogP contribution < -0.4 is 10.4 Å². The van der Waals surface area contributed by atoms with Gasteiger partial charge in [0, 0.05) is 16.8 Å². The van der Waals surface area contributed by atoms with E-state index in [4.69, 9.17) is 13.6 Å². The Morgan fingerprint density at radius 3 is 2.67 bits per heavy atom. The topological polar surface area (TPSA) is 52.6 Å². The highest BCUT2D eigenvalue weighted by Crippen LogP contribution is 2.35. The van der Waals surface area contributed by atoms with E-state index >= 15 is 0 Å². The van der Waals surface area contributed by atoms with Gasteiger partial charge in [0.25, 0.3) is 0 Å². The Morgan fingerprint density at radius 1 is 1.11 bits per heavy atom. The minimum Gasteiger partial charge on any atom is -0.484 e. The van der Waals surface area contributed by atoms with Crippen LogP contribution in [-0.4, -0.2) is 6.10 Å². The van der Waals surface area contributed by atoms with Crippen molar-refractivity contribution in [3.05, 3.63) is 40.9 Å². The second-order valence-corrected chi connectivity index (χ2v) is 4.38. The lowest BCUT2D eigenvalue weighted by molar-refractivity contribution is 0.241. The van der Waals surface area contributed by atoms with E-state index in [9.17, 15) is 4.79 Å². The van der Waals surface area contributed by atoms with Gasteiger partial charge >= 0.3 is 5.63 Å². The summed E-state index contributed by atoms with van der Waals surface area (Å²) in [5, 5.41) is 1.74. The summed E-state index contributed by atoms with van der Waals surface area (Å²) in [4.78, 5) is 11.3. The molecule has 0 atom stereocenters. The molecule has 0 N–H and O–H groups in total. The Bertz CT molecular complexity index is 764. The van der Waals surface area contributed by atoms with Gasteiger partial charge in [-0.25, -0.2) is 4.79 Å². The first-order valence-corrected chi connectivity index (χ1v) is 5.76. The van der Waals surface area contributed by atoms with Gasteiger partial charge in [0.15, 0.2) is 11.2 Å². The number of ether oxygens (including phenoxy) is 1. The molecule has 2 aromatic heterocycles. The van der Waals surface area contributed by atoms with Gasteiger partial charge in [0.2, 0.25) is 5.75 Å². The van der Waals surface area contributed by atoms with Crippen LogP contribution in [0.5, 0.6) is 5.75 Å². The molecule has 2 heterocycles. The zero-order valence-corrected chi connectivity index (χ0v) is 10.1. The van der Waals surface area contributed by atoms with E-state index < -0.39 is 5.63 Å². The third-order valence-electron chi connectivity index (χ3n) is 2.64. The van der Waals surface area contributed by atoms with Crippen molar-refractivity contribution in [1.82, 2.24) is 0 Å². The van der Waals surface area contributed by atoms with E-state index in [1.54, 1.807) is 12.3 Å². The Kier molecular flexibility index (Phi) is 2.37. The van der Waals surface area contributed by atoms with Crippen molar-refractivity contribution in [1.29, 1.82) is 0 Å². The number of rotatable bonds is 2. The van der Waals surface area contributed by atoms with Crippen molar-refractivity contribution in [3.63, 3.8) is 0 Å². The van der Waals surface area contributed by atoms with Crippen LogP contribution in [0.1, 0.15) is 13.8 Å². The lowest BCUT2D eigenvalue weighted by Crippen LogP contribution is -2.07. The van der Waals surface area contributed by atoms with Gasteiger partial charge in [0.1, 0.15) is 0 Å². The molecule has 0 fully saturated rings. The number of hydrogen-bond acceptors (Lipinski definition) is 4. The number of benzene rings is 1. The highest BCUT2D eigenvalue weighted by molar-refractivity contribution is 5.99. The van der Waals surface area contributed by atoms with Crippen LogP contribution in [0.4, 0.5) is 0 Å². The van der Waals surface area contributed by atoms with Crippen molar-refractivity contribution in [2.24, 2.45) is 0 Å². The van der Waals surface area contributed by atoms with Gasteiger partial charge in [-0.2, -0.15) is 0 Å². The number of fused-ring (bicyclic) bond motifs is 2. The molecular weight excluding hydrogens is 232 g/mol. The predicted molar refractivity (Wildman–Crippen MR) is 68.0 cm³/mol. The van der Waals surface area contributed by atoms with Crippen molar-refractivity contribution >= 4 is 21.9 Å². The maximum Gasteiger partial charge on any atom is 0.336 e. The highest BCUT2D eigenvalue weighted by Gasteiger charge is 2.15. The van der Waals surface area contributed by atoms with Gasteiger partial charge in [-0.05, 0) is 32.0 Å². The van der Waals surface area contributed by atoms with Crippen LogP contribution in [0.3, 0.4) is 0 Å². The van der Waals surface area contributed by atoms with Crippen LogP contribution in [0.2, 0.25) is 0 Å². The van der Waals surface area contributed by atoms with Crippen LogP contribution >= 0.6 is 0 Å². The minimum atomic E-state index is -0.401. The summed E-state index contributed by atoms with van der Waals surface area (Å²) in [7, 11) is 0. The molecule has 0 aliphatic heterocycles. The summed E-state index contributed by atoms with van der Waals surface area (Å²) < 4.78 is 16.4. The molecule has 0 aliphatic rings. The molecule has 0 bridgehead atoms. The Balaban J connectivity index is 2.44. The van der Waals surface area contributed by atoms with Crippen molar-refractivity contribution < 1.29 is 13.6 Å². The highest BCUT2D eigenvalue weighted by atomic mass is 16.5. The molecule has 1 aromatic carbocycles. The van der Waals surface area contributed by atoms with Crippen molar-refractivity contribution in [2.75, 3.05) is 0 Å². The summed E-state index contributed by atoms with van der Waals surface area (Å²) in [6, 6.07) is 6.88. The molecule has 0 radical (unpaired) electrons. The molecule has 0 saturated carbocycles. The normalized spacial score (nSPS) is 11.5. The second-order valence-electron chi connectivity index (χ2n) is 4.38. The molecule has 0 unspecified atom stereocenters. The van der Waals surface area contributed by atoms with E-state index in [1.165, 1.54) is 6.07 Å². The Morgan fingerprint density at radius 2 is 1.89 bits per heavy atom. The maximum atomic E-state index is 11.3. The lowest BCUT2D eigenvalue weighted by atomic mass is 10.1. The third kappa shape index (κ3) is 1.66. The lowest BCUT2D eigenvalue weighted by Gasteiger charge is -2.11. The second kappa shape index (κ2) is 3.91. The Labute approximate surface area is 103 Å². The van der Waals surface area contributed by atoms with Crippen LogP contribution in [0.25, 0.3) is 21.9 Å². The molecule has 18 heavy (non-hydrogen) atoms. The number of hydrogen-bond donors (Lipinski definition) is 0. The van der Waals surface area contributed by atoms with Crippen LogP contribution in [0.15, 0.2) is 44.2 Å². The smallest absolute Gasteiger partial charge is 0.336 e. The molecule has 0 spiro atoms. The van der Waals surface area contributed by atoms with Gasteiger partial charge in [-0.15, -0.1) is 0 Å². The summed E-state index contributed by atoms with van der Waals surface area (Å²) in [5.41, 5.74) is 0.631. The van der Waals surface area contributed by atoms with Gasteiger partial charge in [-0.3, -0.25) is 0 Å². The first kappa shape index (κ1) is 10.9. The van der Waals surface area contributed by atoms with Crippen LogP contribution in [-0.2, 0) is 0 Å². The molecule has 0 amide bonds. The van der Waals surface area contributed by atoms with E-state index in [1.807, 2.05) is 26.0 Å².